The monoisotopic (exact) mass is 259 g/mol. The van der Waals surface area contributed by atoms with Crippen LogP contribution in [-0.2, 0) is 0 Å². The van der Waals surface area contributed by atoms with Crippen LogP contribution in [0.5, 0.6) is 0 Å². The Morgan fingerprint density at radius 1 is 1.00 bits per heavy atom. The van der Waals surface area contributed by atoms with Crippen LogP contribution < -0.4 is 5.73 Å². The summed E-state index contributed by atoms with van der Waals surface area (Å²) >= 11 is 7.71. The molecule has 17 heavy (non-hydrogen) atoms. The van der Waals surface area contributed by atoms with Gasteiger partial charge in [0.1, 0.15) is 0 Å². The molecule has 2 N–H and O–H groups in total. The third kappa shape index (κ3) is 1.79. The topological polar surface area (TPSA) is 26.0 Å². The number of fused-ring (bicyclic) bond motifs is 1. The fraction of sp³-hybridized carbons (Fsp3) is 0. The van der Waals surface area contributed by atoms with Gasteiger partial charge in [-0.05, 0) is 23.8 Å². The zero-order chi connectivity index (χ0) is 11.8. The van der Waals surface area contributed by atoms with Crippen LogP contribution in [0.2, 0.25) is 5.02 Å². The number of thiophene rings is 1. The van der Waals surface area contributed by atoms with E-state index in [-0.39, 0.29) is 0 Å². The SMILES string of the molecule is Nc1c(-c2cccc(Cl)c2)sc2ccccc12. The summed E-state index contributed by atoms with van der Waals surface area (Å²) in [5.41, 5.74) is 8.11. The molecule has 0 unspecified atom stereocenters. The minimum Gasteiger partial charge on any atom is -0.397 e. The van der Waals surface area contributed by atoms with Gasteiger partial charge in [-0.25, -0.2) is 0 Å². The lowest BCUT2D eigenvalue weighted by molar-refractivity contribution is 1.69. The van der Waals surface area contributed by atoms with E-state index >= 15 is 0 Å². The second-order valence-electron chi connectivity index (χ2n) is 3.85. The van der Waals surface area contributed by atoms with E-state index in [0.717, 1.165) is 26.5 Å². The van der Waals surface area contributed by atoms with Gasteiger partial charge in [0.25, 0.3) is 0 Å². The zero-order valence-electron chi connectivity index (χ0n) is 8.98. The van der Waals surface area contributed by atoms with Crippen LogP contribution in [-0.4, -0.2) is 0 Å². The number of hydrogen-bond acceptors (Lipinski definition) is 2. The molecular formula is C14H10ClNS. The number of rotatable bonds is 1. The predicted molar refractivity (Wildman–Crippen MR) is 76.7 cm³/mol. The third-order valence-corrected chi connectivity index (χ3v) is 4.19. The van der Waals surface area contributed by atoms with Gasteiger partial charge in [-0.2, -0.15) is 0 Å². The largest absolute Gasteiger partial charge is 0.397 e. The first-order chi connectivity index (χ1) is 8.25. The van der Waals surface area contributed by atoms with Gasteiger partial charge in [-0.15, -0.1) is 11.3 Å². The minimum atomic E-state index is 0.736. The maximum absolute atomic E-state index is 6.19. The van der Waals surface area contributed by atoms with Gasteiger partial charge < -0.3 is 5.73 Å². The number of benzene rings is 2. The average molecular weight is 260 g/mol. The van der Waals surface area contributed by atoms with Crippen LogP contribution in [0.4, 0.5) is 5.69 Å². The van der Waals surface area contributed by atoms with E-state index in [1.165, 1.54) is 4.70 Å². The van der Waals surface area contributed by atoms with E-state index in [1.807, 2.05) is 36.4 Å². The Balaban J connectivity index is 2.27. The highest BCUT2D eigenvalue weighted by Crippen LogP contribution is 2.40. The first-order valence-electron chi connectivity index (χ1n) is 5.28. The van der Waals surface area contributed by atoms with Crippen molar-refractivity contribution < 1.29 is 0 Å². The Morgan fingerprint density at radius 3 is 2.59 bits per heavy atom. The van der Waals surface area contributed by atoms with Gasteiger partial charge >= 0.3 is 0 Å². The molecule has 0 atom stereocenters. The van der Waals surface area contributed by atoms with Gasteiger partial charge in [0.2, 0.25) is 0 Å². The van der Waals surface area contributed by atoms with Crippen molar-refractivity contribution in [3.05, 3.63) is 53.6 Å². The summed E-state index contributed by atoms with van der Waals surface area (Å²) in [6, 6.07) is 16.0. The lowest BCUT2D eigenvalue weighted by atomic mass is 10.1. The van der Waals surface area contributed by atoms with E-state index in [2.05, 4.69) is 12.1 Å². The molecule has 0 aliphatic heterocycles. The second-order valence-corrected chi connectivity index (χ2v) is 5.34. The van der Waals surface area contributed by atoms with Crippen LogP contribution >= 0.6 is 22.9 Å². The summed E-state index contributed by atoms with van der Waals surface area (Å²) in [4.78, 5) is 1.09. The highest BCUT2D eigenvalue weighted by atomic mass is 35.5. The second kappa shape index (κ2) is 4.06. The molecule has 1 nitrogen and oxygen atoms in total. The summed E-state index contributed by atoms with van der Waals surface area (Å²) in [6.45, 7) is 0. The number of anilines is 1. The van der Waals surface area contributed by atoms with Crippen molar-refractivity contribution in [1.29, 1.82) is 0 Å². The standard InChI is InChI=1S/C14H10ClNS/c15-10-5-3-4-9(8-10)14-13(16)11-6-1-2-7-12(11)17-14/h1-8H,16H2. The van der Waals surface area contributed by atoms with Crippen LogP contribution in [0, 0.1) is 0 Å². The number of nitrogens with two attached hydrogens (primary N) is 1. The Hall–Kier alpha value is -1.51. The summed E-state index contributed by atoms with van der Waals surface area (Å²) in [7, 11) is 0. The van der Waals surface area contributed by atoms with Gasteiger partial charge in [-0.1, -0.05) is 41.9 Å². The fourth-order valence-corrected chi connectivity index (χ4v) is 3.22. The molecule has 0 bridgehead atoms. The van der Waals surface area contributed by atoms with E-state index in [1.54, 1.807) is 11.3 Å². The van der Waals surface area contributed by atoms with E-state index in [4.69, 9.17) is 17.3 Å². The molecule has 0 fully saturated rings. The molecule has 1 aromatic heterocycles. The molecule has 3 aromatic rings. The zero-order valence-corrected chi connectivity index (χ0v) is 10.6. The normalized spacial score (nSPS) is 10.9. The predicted octanol–water partition coefficient (Wildman–Crippen LogP) is 4.80. The van der Waals surface area contributed by atoms with Crippen molar-refractivity contribution in [2.24, 2.45) is 0 Å². The lowest BCUT2D eigenvalue weighted by Gasteiger charge is -2.00. The molecular weight excluding hydrogens is 250 g/mol. The lowest BCUT2D eigenvalue weighted by Crippen LogP contribution is -1.85. The van der Waals surface area contributed by atoms with Crippen LogP contribution in [0.1, 0.15) is 0 Å². The first kappa shape index (κ1) is 10.6. The number of nitrogen functional groups attached to an aromatic ring is 1. The highest BCUT2D eigenvalue weighted by molar-refractivity contribution is 7.23. The first-order valence-corrected chi connectivity index (χ1v) is 6.48. The van der Waals surface area contributed by atoms with Crippen LogP contribution in [0.3, 0.4) is 0 Å². The Morgan fingerprint density at radius 2 is 1.82 bits per heavy atom. The summed E-state index contributed by atoms with van der Waals surface area (Å²) < 4.78 is 1.21. The van der Waals surface area contributed by atoms with Gasteiger partial charge in [0.05, 0.1) is 10.6 Å². The summed E-state index contributed by atoms with van der Waals surface area (Å²) in [6.07, 6.45) is 0. The van der Waals surface area contributed by atoms with E-state index < -0.39 is 0 Å². The maximum atomic E-state index is 6.19. The molecule has 0 saturated carbocycles. The number of halogens is 1. The Bertz CT molecular complexity index is 688. The molecule has 0 spiro atoms. The summed E-state index contributed by atoms with van der Waals surface area (Å²) in [5, 5.41) is 1.85. The van der Waals surface area contributed by atoms with E-state index in [0.29, 0.717) is 0 Å². The van der Waals surface area contributed by atoms with E-state index in [9.17, 15) is 0 Å². The fourth-order valence-electron chi connectivity index (χ4n) is 1.91. The molecule has 2 aromatic carbocycles. The molecule has 0 saturated heterocycles. The van der Waals surface area contributed by atoms with Crippen molar-refractivity contribution in [3.8, 4) is 10.4 Å². The van der Waals surface area contributed by atoms with Crippen molar-refractivity contribution in [1.82, 2.24) is 0 Å². The minimum absolute atomic E-state index is 0.736. The smallest absolute Gasteiger partial charge is 0.0585 e. The molecule has 3 rings (SSSR count). The van der Waals surface area contributed by atoms with Crippen LogP contribution in [0.15, 0.2) is 48.5 Å². The van der Waals surface area contributed by atoms with Gasteiger partial charge in [0.15, 0.2) is 0 Å². The van der Waals surface area contributed by atoms with Gasteiger partial charge in [-0.3, -0.25) is 0 Å². The Labute approximate surface area is 108 Å². The van der Waals surface area contributed by atoms with Crippen molar-refractivity contribution in [3.63, 3.8) is 0 Å². The van der Waals surface area contributed by atoms with Crippen molar-refractivity contribution >= 4 is 38.7 Å². The van der Waals surface area contributed by atoms with Crippen molar-refractivity contribution in [2.45, 2.75) is 0 Å². The molecule has 0 radical (unpaired) electrons. The Kier molecular flexibility index (Phi) is 2.54. The molecule has 0 aliphatic rings. The molecule has 0 aliphatic carbocycles. The van der Waals surface area contributed by atoms with Crippen molar-refractivity contribution in [2.75, 3.05) is 5.73 Å². The molecule has 84 valence electrons. The summed E-state index contributed by atoms with van der Waals surface area (Å²) in [5.74, 6) is 0. The number of hydrogen-bond donors (Lipinski definition) is 1. The quantitative estimate of drug-likeness (QED) is 0.667. The molecule has 1 heterocycles. The maximum Gasteiger partial charge on any atom is 0.0585 e. The average Bonchev–Trinajstić information content (AvgIpc) is 2.68. The van der Waals surface area contributed by atoms with Crippen LogP contribution in [0.25, 0.3) is 20.5 Å². The molecule has 3 heteroatoms. The highest BCUT2D eigenvalue weighted by Gasteiger charge is 2.10. The van der Waals surface area contributed by atoms with Gasteiger partial charge in [0, 0.05) is 15.1 Å². The molecule has 0 amide bonds. The third-order valence-electron chi connectivity index (χ3n) is 2.72.